The minimum absolute atomic E-state index is 0.0839. The summed E-state index contributed by atoms with van der Waals surface area (Å²) in [6.07, 6.45) is 2.81. The summed E-state index contributed by atoms with van der Waals surface area (Å²) in [6.45, 7) is 7.49. The van der Waals surface area contributed by atoms with Crippen molar-refractivity contribution in [3.63, 3.8) is 0 Å². The Morgan fingerprint density at radius 1 is 0.636 bits per heavy atom. The van der Waals surface area contributed by atoms with Crippen LogP contribution in [-0.2, 0) is 0 Å². The molecule has 2 fully saturated rings. The van der Waals surface area contributed by atoms with Gasteiger partial charge in [0.05, 0.1) is 22.6 Å². The first-order chi connectivity index (χ1) is 20.7. The van der Waals surface area contributed by atoms with Crippen LogP contribution in [0.4, 0.5) is 11.6 Å². The van der Waals surface area contributed by atoms with Crippen LogP contribution in [-0.4, -0.2) is 64.1 Å². The predicted molar refractivity (Wildman–Crippen MR) is 172 cm³/mol. The number of aromatic nitrogens is 4. The normalized spacial score (nSPS) is 23.9. The first-order valence-corrected chi connectivity index (χ1v) is 15.1. The molecule has 0 saturated heterocycles. The van der Waals surface area contributed by atoms with Crippen LogP contribution < -0.4 is 10.6 Å². The van der Waals surface area contributed by atoms with Crippen LogP contribution in [0.1, 0.15) is 50.7 Å². The smallest absolute Gasteiger partial charge is 0.149 e. The lowest BCUT2D eigenvalue weighted by molar-refractivity contribution is -0.0241. The largest absolute Gasteiger partial charge is 0.507 e. The minimum Gasteiger partial charge on any atom is -0.507 e. The predicted octanol–water partition coefficient (Wildman–Crippen LogP) is 6.27. The molecule has 2 aliphatic carbocycles. The SMILES string of the molecule is Cc1cc(NC2CC(C)(O)C2)nnc1-c1ccc(Cl)cc1O.Cc1cc(NC2CC(C)(O)C2)nnc1-c1ccc(Cl)cc1O. The van der Waals surface area contributed by atoms with Gasteiger partial charge in [0.2, 0.25) is 0 Å². The Morgan fingerprint density at radius 3 is 1.30 bits per heavy atom. The second-order valence-corrected chi connectivity index (χ2v) is 13.2. The van der Waals surface area contributed by atoms with Crippen molar-refractivity contribution in [2.45, 2.75) is 76.7 Å². The molecule has 12 heteroatoms. The van der Waals surface area contributed by atoms with Crippen LogP contribution in [0.3, 0.4) is 0 Å². The van der Waals surface area contributed by atoms with E-state index in [9.17, 15) is 20.4 Å². The summed E-state index contributed by atoms with van der Waals surface area (Å²) >= 11 is 11.7. The van der Waals surface area contributed by atoms with E-state index in [4.69, 9.17) is 23.2 Å². The van der Waals surface area contributed by atoms with Gasteiger partial charge in [-0.15, -0.1) is 20.4 Å². The maximum absolute atomic E-state index is 9.99. The number of hydrogen-bond acceptors (Lipinski definition) is 10. The van der Waals surface area contributed by atoms with Crippen molar-refractivity contribution in [1.82, 2.24) is 20.4 Å². The van der Waals surface area contributed by atoms with E-state index >= 15 is 0 Å². The minimum atomic E-state index is -0.574. The summed E-state index contributed by atoms with van der Waals surface area (Å²) in [5.41, 5.74) is 3.12. The molecule has 0 bridgehead atoms. The second kappa shape index (κ2) is 12.4. The molecule has 2 aromatic carbocycles. The molecule has 2 aliphatic rings. The highest BCUT2D eigenvalue weighted by atomic mass is 35.5. The number of phenolic OH excluding ortho intramolecular Hbond substituents is 2. The van der Waals surface area contributed by atoms with E-state index in [2.05, 4.69) is 31.0 Å². The standard InChI is InChI=1S/2C16H18ClN3O2/c2*1-9-5-14(18-11-7-16(2,22)8-11)19-20-15(9)12-4-3-10(17)6-13(12)21/h2*3-6,11,21-22H,7-8H2,1-2H3,(H,18,19). The highest BCUT2D eigenvalue weighted by Crippen LogP contribution is 2.37. The Hall–Kier alpha value is -3.70. The zero-order chi connectivity index (χ0) is 31.8. The van der Waals surface area contributed by atoms with E-state index in [1.807, 2.05) is 39.8 Å². The Bertz CT molecular complexity index is 1540. The fourth-order valence-corrected chi connectivity index (χ4v) is 6.01. The van der Waals surface area contributed by atoms with Gasteiger partial charge in [-0.3, -0.25) is 0 Å². The molecule has 2 heterocycles. The zero-order valence-corrected chi connectivity index (χ0v) is 26.4. The molecule has 0 amide bonds. The average Bonchev–Trinajstić information content (AvgIpc) is 2.88. The first-order valence-electron chi connectivity index (χ1n) is 14.3. The number of aryl methyl sites for hydroxylation is 2. The van der Waals surface area contributed by atoms with Gasteiger partial charge in [-0.1, -0.05) is 23.2 Å². The third-order valence-corrected chi connectivity index (χ3v) is 8.32. The Morgan fingerprint density at radius 2 is 1.00 bits per heavy atom. The lowest BCUT2D eigenvalue weighted by Crippen LogP contribution is -2.48. The summed E-state index contributed by atoms with van der Waals surface area (Å²) < 4.78 is 0. The number of aliphatic hydroxyl groups is 2. The van der Waals surface area contributed by atoms with Crippen LogP contribution in [0, 0.1) is 13.8 Å². The summed E-state index contributed by atoms with van der Waals surface area (Å²) in [5, 5.41) is 63.7. The summed E-state index contributed by atoms with van der Waals surface area (Å²) in [7, 11) is 0. The Kier molecular flexibility index (Phi) is 8.91. The van der Waals surface area contributed by atoms with E-state index in [0.29, 0.717) is 69.9 Å². The van der Waals surface area contributed by atoms with Crippen LogP contribution in [0.5, 0.6) is 11.5 Å². The lowest BCUT2D eigenvalue weighted by Gasteiger charge is -2.41. The Labute approximate surface area is 266 Å². The van der Waals surface area contributed by atoms with E-state index in [1.54, 1.807) is 24.3 Å². The highest BCUT2D eigenvalue weighted by molar-refractivity contribution is 6.31. The molecule has 0 spiro atoms. The third-order valence-electron chi connectivity index (χ3n) is 7.85. The van der Waals surface area contributed by atoms with Gasteiger partial charge < -0.3 is 31.1 Å². The van der Waals surface area contributed by atoms with Gasteiger partial charge in [-0.2, -0.15) is 0 Å². The summed E-state index contributed by atoms with van der Waals surface area (Å²) in [6, 6.07) is 14.1. The molecule has 6 rings (SSSR count). The molecule has 0 aliphatic heterocycles. The second-order valence-electron chi connectivity index (χ2n) is 12.3. The van der Waals surface area contributed by atoms with Crippen molar-refractivity contribution >= 4 is 34.8 Å². The molecule has 0 radical (unpaired) electrons. The molecule has 0 unspecified atom stereocenters. The monoisotopic (exact) mass is 638 g/mol. The van der Waals surface area contributed by atoms with Gasteiger partial charge in [0.15, 0.2) is 0 Å². The number of rotatable bonds is 6. The number of aromatic hydroxyl groups is 2. The topological polar surface area (TPSA) is 157 Å². The number of benzene rings is 2. The summed E-state index contributed by atoms with van der Waals surface area (Å²) in [5.74, 6) is 1.52. The van der Waals surface area contributed by atoms with E-state index in [-0.39, 0.29) is 23.6 Å². The van der Waals surface area contributed by atoms with Crippen molar-refractivity contribution in [2.24, 2.45) is 0 Å². The average molecular weight is 640 g/mol. The van der Waals surface area contributed by atoms with Gasteiger partial charge in [0, 0.05) is 33.3 Å². The molecule has 6 N–H and O–H groups in total. The van der Waals surface area contributed by atoms with Crippen LogP contribution >= 0.6 is 23.2 Å². The van der Waals surface area contributed by atoms with Gasteiger partial charge in [0.25, 0.3) is 0 Å². The van der Waals surface area contributed by atoms with Gasteiger partial charge >= 0.3 is 0 Å². The van der Waals surface area contributed by atoms with Gasteiger partial charge in [-0.25, -0.2) is 0 Å². The van der Waals surface area contributed by atoms with Crippen molar-refractivity contribution < 1.29 is 20.4 Å². The summed E-state index contributed by atoms with van der Waals surface area (Å²) in [4.78, 5) is 0. The maximum atomic E-state index is 9.99. The van der Waals surface area contributed by atoms with E-state index in [0.717, 1.165) is 11.1 Å². The fourth-order valence-electron chi connectivity index (χ4n) is 5.68. The first kappa shape index (κ1) is 31.7. The van der Waals surface area contributed by atoms with Crippen molar-refractivity contribution in [3.05, 3.63) is 69.7 Å². The molecule has 0 atom stereocenters. The molecule has 2 saturated carbocycles. The van der Waals surface area contributed by atoms with Crippen LogP contribution in [0.25, 0.3) is 22.5 Å². The number of anilines is 2. The molecule has 10 nitrogen and oxygen atoms in total. The van der Waals surface area contributed by atoms with Crippen molar-refractivity contribution in [3.8, 4) is 34.0 Å². The molecule has 4 aromatic rings. The zero-order valence-electron chi connectivity index (χ0n) is 24.9. The molecule has 44 heavy (non-hydrogen) atoms. The molecular weight excluding hydrogens is 603 g/mol. The van der Waals surface area contributed by atoms with Crippen LogP contribution in [0.2, 0.25) is 10.0 Å². The number of halogens is 2. The number of nitrogens with zero attached hydrogens (tertiary/aromatic N) is 4. The molecule has 232 valence electrons. The van der Waals surface area contributed by atoms with E-state index < -0.39 is 11.2 Å². The number of phenols is 2. The van der Waals surface area contributed by atoms with Gasteiger partial charge in [0.1, 0.15) is 23.1 Å². The third kappa shape index (κ3) is 7.50. The fraction of sp³-hybridized carbons (Fsp3) is 0.375. The van der Waals surface area contributed by atoms with Crippen molar-refractivity contribution in [2.75, 3.05) is 10.6 Å². The quantitative estimate of drug-likeness (QED) is 0.142. The maximum Gasteiger partial charge on any atom is 0.149 e. The lowest BCUT2D eigenvalue weighted by atomic mass is 9.77. The molecular formula is C32H36Cl2N6O4. The Balaban J connectivity index is 0.000000175. The number of hydrogen-bond donors (Lipinski definition) is 6. The number of nitrogens with one attached hydrogen (secondary N) is 2. The van der Waals surface area contributed by atoms with Crippen LogP contribution in [0.15, 0.2) is 48.5 Å². The highest BCUT2D eigenvalue weighted by Gasteiger charge is 2.39. The van der Waals surface area contributed by atoms with Gasteiger partial charge in [-0.05, 0) is 113 Å². The van der Waals surface area contributed by atoms with E-state index in [1.165, 1.54) is 12.1 Å². The van der Waals surface area contributed by atoms with Crippen molar-refractivity contribution in [1.29, 1.82) is 0 Å². The molecule has 2 aromatic heterocycles.